The maximum atomic E-state index is 13.1. The van der Waals surface area contributed by atoms with Gasteiger partial charge < -0.3 is 9.73 Å². The minimum Gasteiger partial charge on any atom is -0.447 e. The lowest BCUT2D eigenvalue weighted by molar-refractivity contribution is 0.402. The molecule has 20 heavy (non-hydrogen) atoms. The SMILES string of the molecule is NS(=O)(=O)c1ccc(CNCc2cc(F)ccc2Br)o1. The summed E-state index contributed by atoms with van der Waals surface area (Å²) in [7, 11) is -3.82. The number of primary sulfonamides is 1. The van der Waals surface area contributed by atoms with E-state index in [4.69, 9.17) is 9.56 Å². The summed E-state index contributed by atoms with van der Waals surface area (Å²) in [6, 6.07) is 7.21. The average molecular weight is 363 g/mol. The van der Waals surface area contributed by atoms with E-state index < -0.39 is 10.0 Å². The van der Waals surface area contributed by atoms with E-state index >= 15 is 0 Å². The fourth-order valence-corrected chi connectivity index (χ4v) is 2.47. The van der Waals surface area contributed by atoms with Gasteiger partial charge in [-0.2, -0.15) is 0 Å². The zero-order chi connectivity index (χ0) is 14.8. The Morgan fingerprint density at radius 1 is 1.25 bits per heavy atom. The second-order valence-corrected chi connectivity index (χ2v) is 6.45. The standard InChI is InChI=1S/C12H12BrFN2O3S/c13-11-3-1-9(14)5-8(11)6-16-7-10-2-4-12(19-10)20(15,17)18/h1-5,16H,6-7H2,(H2,15,17,18). The van der Waals surface area contributed by atoms with Gasteiger partial charge in [-0.05, 0) is 35.9 Å². The maximum absolute atomic E-state index is 13.1. The van der Waals surface area contributed by atoms with E-state index in [9.17, 15) is 12.8 Å². The van der Waals surface area contributed by atoms with E-state index in [1.165, 1.54) is 24.3 Å². The smallest absolute Gasteiger partial charge is 0.271 e. The number of rotatable bonds is 5. The van der Waals surface area contributed by atoms with Gasteiger partial charge >= 0.3 is 0 Å². The Morgan fingerprint density at radius 2 is 2.00 bits per heavy atom. The number of hydrogen-bond acceptors (Lipinski definition) is 4. The Hall–Kier alpha value is -1.22. The summed E-state index contributed by atoms with van der Waals surface area (Å²) < 4.78 is 41.0. The molecule has 0 unspecified atom stereocenters. The summed E-state index contributed by atoms with van der Waals surface area (Å²) in [6.07, 6.45) is 0. The summed E-state index contributed by atoms with van der Waals surface area (Å²) in [5.74, 6) is 0.112. The fourth-order valence-electron chi connectivity index (χ4n) is 1.61. The van der Waals surface area contributed by atoms with Crippen molar-refractivity contribution in [3.05, 3.63) is 51.9 Å². The molecule has 1 aromatic carbocycles. The number of halogens is 2. The van der Waals surface area contributed by atoms with Crippen molar-refractivity contribution in [2.45, 2.75) is 18.2 Å². The second kappa shape index (κ2) is 6.04. The lowest BCUT2D eigenvalue weighted by Gasteiger charge is -2.05. The van der Waals surface area contributed by atoms with Crippen molar-refractivity contribution in [2.24, 2.45) is 5.14 Å². The highest BCUT2D eigenvalue weighted by Crippen LogP contribution is 2.18. The molecule has 2 aromatic rings. The molecule has 0 fully saturated rings. The minimum absolute atomic E-state index is 0.277. The highest BCUT2D eigenvalue weighted by atomic mass is 79.9. The van der Waals surface area contributed by atoms with Gasteiger partial charge in [0, 0.05) is 11.0 Å². The van der Waals surface area contributed by atoms with Gasteiger partial charge in [0.05, 0.1) is 6.54 Å². The van der Waals surface area contributed by atoms with Crippen molar-refractivity contribution in [1.82, 2.24) is 5.32 Å². The minimum atomic E-state index is -3.82. The van der Waals surface area contributed by atoms with Gasteiger partial charge in [-0.1, -0.05) is 15.9 Å². The Kier molecular flexibility index (Phi) is 4.59. The normalized spacial score (nSPS) is 11.8. The first kappa shape index (κ1) is 15.2. The van der Waals surface area contributed by atoms with E-state index in [0.717, 1.165) is 10.0 Å². The molecule has 0 bridgehead atoms. The van der Waals surface area contributed by atoms with E-state index in [1.807, 2.05) is 0 Å². The zero-order valence-corrected chi connectivity index (χ0v) is 12.7. The summed E-state index contributed by atoms with van der Waals surface area (Å²) in [4.78, 5) is 0. The first-order valence-electron chi connectivity index (χ1n) is 5.62. The monoisotopic (exact) mass is 362 g/mol. The van der Waals surface area contributed by atoms with Gasteiger partial charge in [-0.3, -0.25) is 0 Å². The molecule has 0 aliphatic carbocycles. The molecule has 0 saturated heterocycles. The molecule has 2 rings (SSSR count). The number of furan rings is 1. The molecule has 0 amide bonds. The van der Waals surface area contributed by atoms with Crippen LogP contribution in [0.2, 0.25) is 0 Å². The fraction of sp³-hybridized carbons (Fsp3) is 0.167. The third kappa shape index (κ3) is 3.89. The molecule has 5 nitrogen and oxygen atoms in total. The van der Waals surface area contributed by atoms with Crippen molar-refractivity contribution >= 4 is 26.0 Å². The van der Waals surface area contributed by atoms with Gasteiger partial charge in [0.15, 0.2) is 0 Å². The average Bonchev–Trinajstić information content (AvgIpc) is 2.82. The Bertz CT molecular complexity index is 715. The van der Waals surface area contributed by atoms with E-state index in [2.05, 4.69) is 21.2 Å². The van der Waals surface area contributed by atoms with Crippen LogP contribution in [0.4, 0.5) is 4.39 Å². The topological polar surface area (TPSA) is 85.3 Å². The van der Waals surface area contributed by atoms with E-state index in [0.29, 0.717) is 18.8 Å². The molecule has 0 atom stereocenters. The first-order valence-corrected chi connectivity index (χ1v) is 7.96. The van der Waals surface area contributed by atoms with Crippen LogP contribution in [0.15, 0.2) is 44.3 Å². The predicted molar refractivity (Wildman–Crippen MR) is 74.7 cm³/mol. The van der Waals surface area contributed by atoms with Crippen LogP contribution in [0.1, 0.15) is 11.3 Å². The van der Waals surface area contributed by atoms with Crippen LogP contribution in [0.5, 0.6) is 0 Å². The van der Waals surface area contributed by atoms with Gasteiger partial charge in [0.2, 0.25) is 5.09 Å². The molecule has 0 aliphatic rings. The van der Waals surface area contributed by atoms with Crippen molar-refractivity contribution in [1.29, 1.82) is 0 Å². The number of hydrogen-bond donors (Lipinski definition) is 2. The molecule has 1 heterocycles. The molecular formula is C12H12BrFN2O3S. The molecule has 8 heteroatoms. The van der Waals surface area contributed by atoms with Crippen LogP contribution < -0.4 is 10.5 Å². The van der Waals surface area contributed by atoms with Gasteiger partial charge in [-0.25, -0.2) is 17.9 Å². The Labute approximate surface area is 124 Å². The van der Waals surface area contributed by atoms with Crippen LogP contribution in [0.3, 0.4) is 0 Å². The number of sulfonamides is 1. The summed E-state index contributed by atoms with van der Waals surface area (Å²) in [6.45, 7) is 0.711. The number of nitrogens with one attached hydrogen (secondary N) is 1. The quantitative estimate of drug-likeness (QED) is 0.852. The molecule has 1 aromatic heterocycles. The molecular weight excluding hydrogens is 351 g/mol. The number of benzene rings is 1. The molecule has 0 spiro atoms. The number of nitrogens with two attached hydrogens (primary N) is 1. The molecule has 0 saturated carbocycles. The molecule has 0 aliphatic heterocycles. The lowest BCUT2D eigenvalue weighted by atomic mass is 10.2. The van der Waals surface area contributed by atoms with Crippen LogP contribution in [-0.4, -0.2) is 8.42 Å². The van der Waals surface area contributed by atoms with Gasteiger partial charge in [-0.15, -0.1) is 0 Å². The third-order valence-electron chi connectivity index (χ3n) is 2.54. The third-order valence-corrected chi connectivity index (χ3v) is 4.09. The van der Waals surface area contributed by atoms with Crippen LogP contribution >= 0.6 is 15.9 Å². The van der Waals surface area contributed by atoms with Crippen molar-refractivity contribution in [3.8, 4) is 0 Å². The summed E-state index contributed by atoms with van der Waals surface area (Å²) in [5.41, 5.74) is 0.753. The first-order chi connectivity index (χ1) is 9.36. The summed E-state index contributed by atoms with van der Waals surface area (Å²) >= 11 is 3.32. The lowest BCUT2D eigenvalue weighted by Crippen LogP contribution is -2.13. The largest absolute Gasteiger partial charge is 0.447 e. The maximum Gasteiger partial charge on any atom is 0.271 e. The summed E-state index contributed by atoms with van der Waals surface area (Å²) in [5, 5.41) is 7.68. The highest BCUT2D eigenvalue weighted by molar-refractivity contribution is 9.10. The second-order valence-electron chi connectivity index (χ2n) is 4.11. The molecule has 3 N–H and O–H groups in total. The van der Waals surface area contributed by atoms with Gasteiger partial charge in [0.1, 0.15) is 11.6 Å². The van der Waals surface area contributed by atoms with Crippen molar-refractivity contribution < 1.29 is 17.2 Å². The van der Waals surface area contributed by atoms with Crippen LogP contribution in [0, 0.1) is 5.82 Å². The van der Waals surface area contributed by atoms with E-state index in [-0.39, 0.29) is 10.9 Å². The zero-order valence-electron chi connectivity index (χ0n) is 10.3. The molecule has 0 radical (unpaired) electrons. The molecule has 108 valence electrons. The Morgan fingerprint density at radius 3 is 2.65 bits per heavy atom. The Balaban J connectivity index is 1.96. The van der Waals surface area contributed by atoms with E-state index in [1.54, 1.807) is 6.07 Å². The van der Waals surface area contributed by atoms with Gasteiger partial charge in [0.25, 0.3) is 10.0 Å². The van der Waals surface area contributed by atoms with Crippen molar-refractivity contribution in [3.63, 3.8) is 0 Å². The predicted octanol–water partition coefficient (Wildman–Crippen LogP) is 2.12. The van der Waals surface area contributed by atoms with Crippen LogP contribution in [-0.2, 0) is 23.1 Å². The van der Waals surface area contributed by atoms with Crippen molar-refractivity contribution in [2.75, 3.05) is 0 Å². The van der Waals surface area contributed by atoms with Crippen LogP contribution in [0.25, 0.3) is 0 Å². The highest BCUT2D eigenvalue weighted by Gasteiger charge is 2.13.